The van der Waals surface area contributed by atoms with Gasteiger partial charge in [0, 0.05) is 47.7 Å². The zero-order valence-electron chi connectivity index (χ0n) is 39.8. The fraction of sp³-hybridized carbons (Fsp3) is 0.259. The minimum atomic E-state index is -0.574. The van der Waals surface area contributed by atoms with E-state index < -0.39 is 42.6 Å². The fourth-order valence-corrected chi connectivity index (χ4v) is 8.22. The zero-order valence-corrected chi connectivity index (χ0v) is 43.0. The monoisotopic (exact) mass is 1120 g/mol. The summed E-state index contributed by atoms with van der Waals surface area (Å²) in [5, 5.41) is 5.15. The van der Waals surface area contributed by atoms with Gasteiger partial charge < -0.3 is 18.8 Å². The van der Waals surface area contributed by atoms with Crippen molar-refractivity contribution in [3.8, 4) is 11.1 Å². The molecular weight excluding hydrogens is 1070 g/mol. The van der Waals surface area contributed by atoms with Gasteiger partial charge in [-0.1, -0.05) is 88.7 Å². The smallest absolute Gasteiger partial charge is 0.453 e. The first-order valence-corrected chi connectivity index (χ1v) is 23.4. The van der Waals surface area contributed by atoms with Crippen LogP contribution in [0.5, 0.6) is 0 Å². The molecule has 2 N–H and O–H groups in total. The summed E-state index contributed by atoms with van der Waals surface area (Å²) >= 11 is 3.28. The summed E-state index contributed by atoms with van der Waals surface area (Å²) in [5.41, 5.74) is 6.55. The Kier molecular flexibility index (Phi) is 18.4. The van der Waals surface area contributed by atoms with E-state index in [-0.39, 0.29) is 54.8 Å². The maximum atomic E-state index is 14.0. The van der Waals surface area contributed by atoms with E-state index in [2.05, 4.69) is 46.0 Å². The predicted octanol–water partition coefficient (Wildman–Crippen LogP) is 13.3. The van der Waals surface area contributed by atoms with Gasteiger partial charge in [-0.15, -0.1) is 0 Å². The van der Waals surface area contributed by atoms with Crippen LogP contribution in [0.1, 0.15) is 87.7 Å². The number of amides is 2. The number of hydrogen-bond acceptors (Lipinski definition) is 8. The molecule has 1 fully saturated rings. The first-order valence-electron chi connectivity index (χ1n) is 22.6. The van der Waals surface area contributed by atoms with Crippen molar-refractivity contribution in [2.45, 2.75) is 76.7 Å². The fourth-order valence-electron chi connectivity index (χ4n) is 7.96. The number of methoxy groups -OCH3 is 2. The first kappa shape index (κ1) is 54.4. The maximum absolute atomic E-state index is 14.0. The number of ether oxygens (including phenoxy) is 2. The van der Waals surface area contributed by atoms with E-state index >= 15 is 0 Å². The second-order valence-corrected chi connectivity index (χ2v) is 18.6. The van der Waals surface area contributed by atoms with Crippen LogP contribution in [0.4, 0.5) is 38.5 Å². The molecule has 0 bridgehead atoms. The number of aliphatic imine (C=N–C) groups is 2. The van der Waals surface area contributed by atoms with Crippen LogP contribution in [0, 0.1) is 23.3 Å². The van der Waals surface area contributed by atoms with E-state index in [0.29, 0.717) is 35.6 Å². The molecule has 0 radical (unpaired) electrons. The zero-order chi connectivity index (χ0) is 50.2. The van der Waals surface area contributed by atoms with Crippen LogP contribution in [0.3, 0.4) is 0 Å². The van der Waals surface area contributed by atoms with Crippen LogP contribution < -0.4 is 16.1 Å². The number of anilines is 2. The van der Waals surface area contributed by atoms with Crippen LogP contribution in [-0.2, 0) is 39.2 Å². The third-order valence-electron chi connectivity index (χ3n) is 12.5. The molecule has 0 spiro atoms. The van der Waals surface area contributed by atoms with Crippen molar-refractivity contribution >= 4 is 63.5 Å². The Hall–Kier alpha value is -5.95. The van der Waals surface area contributed by atoms with Crippen molar-refractivity contribution in [3.63, 3.8) is 0 Å². The average Bonchev–Trinajstić information content (AvgIpc) is 4.08. The van der Waals surface area contributed by atoms with E-state index in [4.69, 9.17) is 9.31 Å². The number of hydrogen-bond donors (Lipinski definition) is 2. The summed E-state index contributed by atoms with van der Waals surface area (Å²) in [6.07, 6.45) is 1.58. The molecule has 3 heterocycles. The number of benzene rings is 6. The Balaban J connectivity index is 0.000000188. The van der Waals surface area contributed by atoms with Gasteiger partial charge in [0.15, 0.2) is 0 Å². The molecule has 2 amide bonds. The van der Waals surface area contributed by atoms with Crippen LogP contribution in [0.2, 0.25) is 0 Å². The van der Waals surface area contributed by atoms with Gasteiger partial charge in [0.05, 0.1) is 48.6 Å². The number of carbonyl (C=O) groups excluding carboxylic acids is 2. The topological polar surface area (TPSA) is 120 Å². The molecule has 9 rings (SSSR count). The quantitative estimate of drug-likeness (QED) is 0.116. The summed E-state index contributed by atoms with van der Waals surface area (Å²) in [6, 6.07) is 38.2. The molecule has 2 atom stereocenters. The molecule has 71 heavy (non-hydrogen) atoms. The molecule has 372 valence electrons. The van der Waals surface area contributed by atoms with E-state index in [1.807, 2.05) is 100 Å². The van der Waals surface area contributed by atoms with Gasteiger partial charge >= 0.3 is 19.3 Å². The summed E-state index contributed by atoms with van der Waals surface area (Å²) < 4.78 is 78.3. The molecule has 10 nitrogen and oxygen atoms in total. The number of nitrogens with one attached hydrogen (secondary N) is 2. The second-order valence-electron chi connectivity index (χ2n) is 17.6. The normalized spacial score (nSPS) is 17.3. The first-order chi connectivity index (χ1) is 33.4. The summed E-state index contributed by atoms with van der Waals surface area (Å²) in [6.45, 7) is 8.10. The van der Waals surface area contributed by atoms with Crippen molar-refractivity contribution in [2.24, 2.45) is 9.98 Å². The van der Waals surface area contributed by atoms with Crippen molar-refractivity contribution in [1.29, 1.82) is 0 Å². The van der Waals surface area contributed by atoms with Crippen molar-refractivity contribution < 1.29 is 66.4 Å². The van der Waals surface area contributed by atoms with Gasteiger partial charge in [-0.2, -0.15) is 0 Å². The molecular formula is C54H52BBrF4N4O6Pd. The molecule has 0 saturated carbocycles. The van der Waals surface area contributed by atoms with E-state index in [1.165, 1.54) is 50.6 Å². The molecule has 1 saturated heterocycles. The minimum Gasteiger partial charge on any atom is -0.453 e. The third-order valence-corrected chi connectivity index (χ3v) is 13.0. The van der Waals surface area contributed by atoms with Gasteiger partial charge in [0.2, 0.25) is 0 Å². The Morgan fingerprint density at radius 1 is 0.577 bits per heavy atom. The Labute approximate surface area is 433 Å². The van der Waals surface area contributed by atoms with Gasteiger partial charge in [0.25, 0.3) is 0 Å². The molecule has 17 heteroatoms. The third kappa shape index (κ3) is 13.5. The Morgan fingerprint density at radius 3 is 1.31 bits per heavy atom. The van der Waals surface area contributed by atoms with E-state index in [9.17, 15) is 27.2 Å². The second kappa shape index (κ2) is 24.0. The van der Waals surface area contributed by atoms with E-state index in [0.717, 1.165) is 45.0 Å². The van der Waals surface area contributed by atoms with Crippen LogP contribution in [-0.4, -0.2) is 56.1 Å². The molecule has 3 aliphatic rings. The molecule has 0 aliphatic carbocycles. The minimum absolute atomic E-state index is 0. The largest absolute Gasteiger partial charge is 0.494 e. The van der Waals surface area contributed by atoms with Gasteiger partial charge in [-0.25, -0.2) is 27.2 Å². The van der Waals surface area contributed by atoms with Crippen LogP contribution in [0.25, 0.3) is 11.1 Å². The maximum Gasteiger partial charge on any atom is 0.494 e. The molecule has 2 unspecified atom stereocenters. The van der Waals surface area contributed by atoms with Crippen molar-refractivity contribution in [2.75, 3.05) is 24.9 Å². The van der Waals surface area contributed by atoms with Gasteiger partial charge in [-0.05, 0) is 142 Å². The number of halogens is 5. The number of rotatable bonds is 8. The summed E-state index contributed by atoms with van der Waals surface area (Å²) in [5.74, 6) is -2.27. The molecule has 3 aliphatic heterocycles. The molecule has 0 aromatic heterocycles. The summed E-state index contributed by atoms with van der Waals surface area (Å²) in [7, 11) is 2.23. The van der Waals surface area contributed by atoms with Crippen LogP contribution >= 0.6 is 15.9 Å². The number of nitrogens with zero attached hydrogens (tertiary/aromatic N) is 2. The summed E-state index contributed by atoms with van der Waals surface area (Å²) in [4.78, 5) is 31.2. The van der Waals surface area contributed by atoms with Crippen molar-refractivity contribution in [1.82, 2.24) is 0 Å². The SMILES string of the molecule is CC1(C)OB(c2ccc(C3CCC(c4c(F)cccc4F)=N3)cc2)OC1(C)C.COC(=O)Nc1ccc(-c2ccc(C3CCC(c4c(F)cccc4F)=N3)cc2)cc1.COC(=O)Nc1ccc(Br)cc1.[Pd]. The molecule has 6 aromatic carbocycles. The molecule has 6 aromatic rings. The van der Waals surface area contributed by atoms with Gasteiger partial charge in [-0.3, -0.25) is 20.6 Å². The predicted molar refractivity (Wildman–Crippen MR) is 270 cm³/mol. The standard InChI is InChI=1S/C24H20F2N2O2.C22H24BF2NO2.C8H8BrNO2.Pd/c1-30-24(29)27-18-11-9-16(10-12-18)15-5-7-17(8-6-15)21-13-14-22(28-21)23-19(25)3-2-4-20(23)26;1-21(2)22(3,4)28-23(27-21)15-10-8-14(9-11-15)18-12-13-19(26-18)20-16(24)6-5-7-17(20)25;1-12-8(11)10-7-4-2-6(9)3-5-7;/h2-12,21H,13-14H2,1H3,(H,27,29);5-11,18H,12-13H2,1-4H3;2-5H,1H3,(H,10,11);. The Morgan fingerprint density at radius 2 is 0.930 bits per heavy atom. The van der Waals surface area contributed by atoms with E-state index in [1.54, 1.807) is 24.3 Å². The average molecular weight is 1130 g/mol. The van der Waals surface area contributed by atoms with Gasteiger partial charge in [0.1, 0.15) is 23.3 Å². The number of carbonyl (C=O) groups is 2. The Bertz CT molecular complexity index is 2820. The van der Waals surface area contributed by atoms with Crippen LogP contribution in [0.15, 0.2) is 148 Å². The van der Waals surface area contributed by atoms with Crippen molar-refractivity contribution in [3.05, 3.63) is 183 Å².